The normalized spacial score (nSPS) is 17.3. The Bertz CT molecular complexity index is 1800. The summed E-state index contributed by atoms with van der Waals surface area (Å²) in [5.41, 5.74) is 3.68. The first-order chi connectivity index (χ1) is 19.0. The van der Waals surface area contributed by atoms with Crippen molar-refractivity contribution in [3.8, 4) is 22.3 Å². The lowest BCUT2D eigenvalue weighted by molar-refractivity contribution is 0.634. The highest BCUT2D eigenvalue weighted by molar-refractivity contribution is 8.03. The van der Waals surface area contributed by atoms with Crippen LogP contribution in [0.4, 0.5) is 11.4 Å². The molecule has 4 aromatic rings. The zero-order valence-corrected chi connectivity index (χ0v) is 22.7. The lowest BCUT2D eigenvalue weighted by Crippen LogP contribution is -2.43. The Labute approximate surface area is 230 Å². The molecule has 0 saturated heterocycles. The van der Waals surface area contributed by atoms with E-state index in [9.17, 15) is 19.2 Å². The molecule has 0 bridgehead atoms. The minimum Gasteiger partial charge on any atom is -0.371 e. The standard InChI is InChI=1S/C32H28N2O4S/c1-2-3-14-34-22-10-4-5-11-23(22)39-24(34)17-21-26(31(37)29(21)35)27-25(30(36)32(27)38)20-15-18-8-6-12-33-13-7-9-19(16-20)28(18)33/h4-5,10-11,15-17H,2-3,6-9,12-14H2,1H3/b24-17+. The summed E-state index contributed by atoms with van der Waals surface area (Å²) in [6, 6.07) is 12.1. The first-order valence-corrected chi connectivity index (χ1v) is 14.6. The highest BCUT2D eigenvalue weighted by atomic mass is 32.2. The van der Waals surface area contributed by atoms with E-state index in [0.717, 1.165) is 73.8 Å². The SMILES string of the molecule is CCCCN1/C(=C\c2c(-c3c(-c4cc5c6c(c4)CCCN6CCC5)c(=O)c3=O)c(=O)c2=O)Sc2ccccc21. The fourth-order valence-electron chi connectivity index (χ4n) is 6.48. The van der Waals surface area contributed by atoms with Gasteiger partial charge in [-0.15, -0.1) is 0 Å². The summed E-state index contributed by atoms with van der Waals surface area (Å²) in [5, 5.41) is 0.858. The highest BCUT2D eigenvalue weighted by Crippen LogP contribution is 2.47. The molecule has 0 N–H and O–H groups in total. The van der Waals surface area contributed by atoms with E-state index in [0.29, 0.717) is 11.1 Å². The fraction of sp³-hybridized carbons (Fsp3) is 0.312. The van der Waals surface area contributed by atoms with Crippen LogP contribution in [0.25, 0.3) is 28.3 Å². The second-order valence-corrected chi connectivity index (χ2v) is 11.8. The van der Waals surface area contributed by atoms with Crippen molar-refractivity contribution in [1.82, 2.24) is 0 Å². The maximum Gasteiger partial charge on any atom is 0.235 e. The molecule has 3 heterocycles. The van der Waals surface area contributed by atoms with Gasteiger partial charge in [0.15, 0.2) is 0 Å². The number of para-hydroxylation sites is 1. The summed E-state index contributed by atoms with van der Waals surface area (Å²) in [6.45, 7) is 5.01. The van der Waals surface area contributed by atoms with Crippen LogP contribution in [0, 0.1) is 0 Å². The van der Waals surface area contributed by atoms with Crippen LogP contribution in [0.2, 0.25) is 0 Å². The van der Waals surface area contributed by atoms with E-state index in [1.807, 2.05) is 30.3 Å². The van der Waals surface area contributed by atoms with Gasteiger partial charge >= 0.3 is 0 Å². The van der Waals surface area contributed by atoms with E-state index >= 15 is 0 Å². The second-order valence-electron chi connectivity index (χ2n) is 10.7. The van der Waals surface area contributed by atoms with Gasteiger partial charge in [0, 0.05) is 46.9 Å². The molecule has 0 amide bonds. The average Bonchev–Trinajstić information content (AvgIpc) is 3.31. The number of aryl methyl sites for hydroxylation is 2. The van der Waals surface area contributed by atoms with Crippen LogP contribution in [-0.2, 0) is 12.8 Å². The highest BCUT2D eigenvalue weighted by Gasteiger charge is 2.34. The van der Waals surface area contributed by atoms with Crippen molar-refractivity contribution in [1.29, 1.82) is 0 Å². The minimum absolute atomic E-state index is 0.104. The van der Waals surface area contributed by atoms with Crippen LogP contribution >= 0.6 is 11.8 Å². The Morgan fingerprint density at radius 1 is 0.846 bits per heavy atom. The maximum atomic E-state index is 13.0. The summed E-state index contributed by atoms with van der Waals surface area (Å²) in [4.78, 5) is 57.4. The molecule has 0 saturated carbocycles. The van der Waals surface area contributed by atoms with Gasteiger partial charge in [-0.2, -0.15) is 0 Å². The van der Waals surface area contributed by atoms with Gasteiger partial charge in [-0.1, -0.05) is 37.2 Å². The van der Waals surface area contributed by atoms with Crippen LogP contribution in [0.1, 0.15) is 49.3 Å². The van der Waals surface area contributed by atoms with Gasteiger partial charge in [0.1, 0.15) is 0 Å². The molecule has 196 valence electrons. The third-order valence-corrected chi connectivity index (χ3v) is 9.48. The number of nitrogens with zero attached hydrogens (tertiary/aromatic N) is 2. The molecule has 0 atom stereocenters. The predicted octanol–water partition coefficient (Wildman–Crippen LogP) is 4.62. The van der Waals surface area contributed by atoms with Gasteiger partial charge in [0.05, 0.1) is 16.3 Å². The van der Waals surface area contributed by atoms with E-state index in [2.05, 4.69) is 22.8 Å². The van der Waals surface area contributed by atoms with Crippen LogP contribution in [0.15, 0.2) is 65.5 Å². The van der Waals surface area contributed by atoms with E-state index in [1.165, 1.54) is 16.8 Å². The molecule has 39 heavy (non-hydrogen) atoms. The van der Waals surface area contributed by atoms with Crippen LogP contribution in [0.3, 0.4) is 0 Å². The average molecular weight is 537 g/mol. The molecule has 0 fully saturated rings. The third-order valence-electron chi connectivity index (χ3n) is 8.37. The summed E-state index contributed by atoms with van der Waals surface area (Å²) >= 11 is 1.56. The van der Waals surface area contributed by atoms with Gasteiger partial charge in [0.25, 0.3) is 0 Å². The number of unbranched alkanes of at least 4 members (excludes halogenated alkanes) is 1. The van der Waals surface area contributed by atoms with Gasteiger partial charge in [-0.25, -0.2) is 0 Å². The van der Waals surface area contributed by atoms with Crippen molar-refractivity contribution in [3.63, 3.8) is 0 Å². The second kappa shape index (κ2) is 9.19. The number of fused-ring (bicyclic) bond motifs is 1. The Hall–Kier alpha value is -3.71. The first kappa shape index (κ1) is 24.3. The number of hydrogen-bond donors (Lipinski definition) is 0. The van der Waals surface area contributed by atoms with Gasteiger partial charge in [-0.3, -0.25) is 19.2 Å². The lowest BCUT2D eigenvalue weighted by atomic mass is 9.81. The molecule has 4 aromatic carbocycles. The topological polar surface area (TPSA) is 74.8 Å². The Kier molecular flexibility index (Phi) is 5.74. The zero-order chi connectivity index (χ0) is 26.8. The van der Waals surface area contributed by atoms with E-state index in [4.69, 9.17) is 0 Å². The van der Waals surface area contributed by atoms with Gasteiger partial charge in [0.2, 0.25) is 21.7 Å². The molecule has 0 spiro atoms. The molecule has 0 aromatic heterocycles. The Morgan fingerprint density at radius 3 is 2.23 bits per heavy atom. The predicted molar refractivity (Wildman–Crippen MR) is 159 cm³/mol. The number of benzene rings is 2. The number of anilines is 2. The molecular formula is C32H28N2O4S. The lowest BCUT2D eigenvalue weighted by Gasteiger charge is -2.37. The van der Waals surface area contributed by atoms with Crippen molar-refractivity contribution in [3.05, 3.63) is 99.0 Å². The van der Waals surface area contributed by atoms with Crippen LogP contribution in [-0.4, -0.2) is 19.6 Å². The number of thioether (sulfide) groups is 1. The first-order valence-electron chi connectivity index (χ1n) is 13.8. The third kappa shape index (κ3) is 3.63. The minimum atomic E-state index is -0.679. The maximum absolute atomic E-state index is 13.0. The summed E-state index contributed by atoms with van der Waals surface area (Å²) in [5.74, 6) is 0. The largest absolute Gasteiger partial charge is 0.371 e. The summed E-state index contributed by atoms with van der Waals surface area (Å²) in [6.07, 6.45) is 7.72. The zero-order valence-electron chi connectivity index (χ0n) is 21.8. The van der Waals surface area contributed by atoms with Crippen LogP contribution < -0.4 is 31.5 Å². The molecule has 0 radical (unpaired) electrons. The van der Waals surface area contributed by atoms with Crippen LogP contribution in [0.5, 0.6) is 0 Å². The number of rotatable bonds is 6. The van der Waals surface area contributed by atoms with Crippen molar-refractivity contribution in [2.24, 2.45) is 0 Å². The van der Waals surface area contributed by atoms with E-state index < -0.39 is 21.7 Å². The quantitative estimate of drug-likeness (QED) is 0.333. The summed E-state index contributed by atoms with van der Waals surface area (Å²) < 4.78 is 0. The molecule has 7 rings (SSSR count). The van der Waals surface area contributed by atoms with Crippen molar-refractivity contribution < 1.29 is 0 Å². The van der Waals surface area contributed by atoms with Crippen molar-refractivity contribution in [2.75, 3.05) is 29.4 Å². The molecule has 0 aliphatic carbocycles. The van der Waals surface area contributed by atoms with Gasteiger partial charge in [-0.05, 0) is 79.1 Å². The van der Waals surface area contributed by atoms with Crippen molar-refractivity contribution >= 4 is 29.2 Å². The molecule has 0 unspecified atom stereocenters. The molecule has 7 heteroatoms. The number of hydrogen-bond acceptors (Lipinski definition) is 7. The summed E-state index contributed by atoms with van der Waals surface area (Å²) in [7, 11) is 0. The Balaban J connectivity index is 1.33. The van der Waals surface area contributed by atoms with Crippen molar-refractivity contribution in [2.45, 2.75) is 50.3 Å². The Morgan fingerprint density at radius 2 is 1.51 bits per heavy atom. The fourth-order valence-corrected chi connectivity index (χ4v) is 7.61. The van der Waals surface area contributed by atoms with E-state index in [1.54, 1.807) is 17.8 Å². The monoisotopic (exact) mass is 536 g/mol. The molecule has 3 aliphatic heterocycles. The molecule has 3 aliphatic rings. The van der Waals surface area contributed by atoms with E-state index in [-0.39, 0.29) is 16.7 Å². The molecule has 6 nitrogen and oxygen atoms in total. The molecular weight excluding hydrogens is 508 g/mol. The van der Waals surface area contributed by atoms with Gasteiger partial charge < -0.3 is 9.80 Å². The smallest absolute Gasteiger partial charge is 0.235 e.